The fraction of sp³-hybridized carbons (Fsp3) is 0.474. The van der Waals surface area contributed by atoms with Crippen LogP contribution in [0.3, 0.4) is 0 Å². The molecule has 5 nitrogen and oxygen atoms in total. The van der Waals surface area contributed by atoms with Crippen LogP contribution >= 0.6 is 0 Å². The zero-order valence-electron chi connectivity index (χ0n) is 14.2. The van der Waals surface area contributed by atoms with E-state index in [1.807, 2.05) is 11.0 Å². The predicted octanol–water partition coefficient (Wildman–Crippen LogP) is 3.34. The largest absolute Gasteiger partial charge is 0.334 e. The van der Waals surface area contributed by atoms with E-state index >= 15 is 0 Å². The number of rotatable bonds is 7. The van der Waals surface area contributed by atoms with Crippen LogP contribution < -0.4 is 5.32 Å². The van der Waals surface area contributed by atoms with E-state index in [4.69, 9.17) is 0 Å². The lowest BCUT2D eigenvalue weighted by Gasteiger charge is -2.23. The molecule has 1 heterocycles. The summed E-state index contributed by atoms with van der Waals surface area (Å²) in [6.45, 7) is 2.05. The molecule has 0 bridgehead atoms. The first-order valence-corrected chi connectivity index (χ1v) is 8.98. The first-order valence-electron chi connectivity index (χ1n) is 8.98. The molecule has 2 aromatic rings. The molecule has 1 N–H and O–H groups in total. The Kier molecular flexibility index (Phi) is 4.42. The quantitative estimate of drug-likeness (QED) is 0.839. The van der Waals surface area contributed by atoms with Gasteiger partial charge in [0.2, 0.25) is 0 Å². The molecule has 0 spiro atoms. The summed E-state index contributed by atoms with van der Waals surface area (Å²) in [4.78, 5) is 18.4. The lowest BCUT2D eigenvalue weighted by atomic mass is 10.2. The Morgan fingerprint density at radius 2 is 1.96 bits per heavy atom. The fourth-order valence-corrected chi connectivity index (χ4v) is 3.03. The van der Waals surface area contributed by atoms with Crippen molar-refractivity contribution in [2.75, 3.05) is 13.1 Å². The molecule has 1 aromatic carbocycles. The van der Waals surface area contributed by atoms with Crippen LogP contribution in [0.15, 0.2) is 36.9 Å². The van der Waals surface area contributed by atoms with Crippen LogP contribution in [0.4, 0.5) is 9.18 Å². The second-order valence-corrected chi connectivity index (χ2v) is 7.21. The lowest BCUT2D eigenvalue weighted by Crippen LogP contribution is -2.42. The van der Waals surface area contributed by atoms with E-state index in [9.17, 15) is 9.18 Å². The van der Waals surface area contributed by atoms with Crippen LogP contribution in [-0.2, 0) is 6.54 Å². The third kappa shape index (κ3) is 4.18. The molecule has 6 heteroatoms. The number of hydrogen-bond acceptors (Lipinski definition) is 2. The van der Waals surface area contributed by atoms with Crippen molar-refractivity contribution in [1.29, 1.82) is 0 Å². The molecular weight excluding hydrogens is 319 g/mol. The summed E-state index contributed by atoms with van der Waals surface area (Å²) in [6, 6.07) is 5.00. The van der Waals surface area contributed by atoms with Gasteiger partial charge in [0.25, 0.3) is 0 Å². The maximum Gasteiger partial charge on any atom is 0.317 e. The number of carbonyl (C=O) groups excluding carboxylic acids is 1. The molecule has 2 aliphatic rings. The monoisotopic (exact) mass is 342 g/mol. The Labute approximate surface area is 146 Å². The third-order valence-corrected chi connectivity index (χ3v) is 4.88. The second-order valence-electron chi connectivity index (χ2n) is 7.21. The number of amides is 2. The van der Waals surface area contributed by atoms with Crippen molar-refractivity contribution in [1.82, 2.24) is 19.8 Å². The molecule has 0 radical (unpaired) electrons. The number of carbonyl (C=O) groups is 1. The smallest absolute Gasteiger partial charge is 0.317 e. The fourth-order valence-electron chi connectivity index (χ4n) is 3.03. The van der Waals surface area contributed by atoms with Gasteiger partial charge in [-0.3, -0.25) is 0 Å². The van der Waals surface area contributed by atoms with Gasteiger partial charge < -0.3 is 14.8 Å². The zero-order chi connectivity index (χ0) is 17.2. The Morgan fingerprint density at radius 1 is 1.24 bits per heavy atom. The van der Waals surface area contributed by atoms with Gasteiger partial charge in [0.1, 0.15) is 5.82 Å². The summed E-state index contributed by atoms with van der Waals surface area (Å²) in [7, 11) is 0. The Hall–Kier alpha value is -2.37. The SMILES string of the molecule is O=C(NCc1ccc(-n2ccnc2)c(F)c1)N(CC1CC1)CC1CC1. The van der Waals surface area contributed by atoms with Crippen molar-refractivity contribution < 1.29 is 9.18 Å². The number of urea groups is 1. The number of nitrogens with one attached hydrogen (secondary N) is 1. The van der Waals surface area contributed by atoms with E-state index in [1.165, 1.54) is 31.7 Å². The topological polar surface area (TPSA) is 50.2 Å². The molecule has 25 heavy (non-hydrogen) atoms. The standard InChI is InChI=1S/C19H23FN4O/c20-17-9-16(5-6-18(17)23-8-7-21-13-23)10-22-19(25)24(11-14-1-2-14)12-15-3-4-15/h5-9,13-15H,1-4,10-12H2,(H,22,25). The molecule has 2 saturated carbocycles. The second kappa shape index (κ2) is 6.86. The van der Waals surface area contributed by atoms with Crippen LogP contribution in [0.5, 0.6) is 0 Å². The van der Waals surface area contributed by atoms with Gasteiger partial charge in [-0.15, -0.1) is 0 Å². The molecule has 4 rings (SSSR count). The molecule has 0 unspecified atom stereocenters. The van der Waals surface area contributed by atoms with Crippen molar-refractivity contribution in [3.05, 3.63) is 48.3 Å². The van der Waals surface area contributed by atoms with Crippen molar-refractivity contribution in [3.8, 4) is 5.69 Å². The van der Waals surface area contributed by atoms with Crippen LogP contribution in [0, 0.1) is 17.7 Å². The van der Waals surface area contributed by atoms with Gasteiger partial charge in [-0.1, -0.05) is 6.07 Å². The number of nitrogens with zero attached hydrogens (tertiary/aromatic N) is 3. The van der Waals surface area contributed by atoms with E-state index in [0.717, 1.165) is 18.7 Å². The summed E-state index contributed by atoms with van der Waals surface area (Å²) in [6.07, 6.45) is 9.80. The molecule has 2 fully saturated rings. The normalized spacial score (nSPS) is 16.7. The van der Waals surface area contributed by atoms with E-state index in [-0.39, 0.29) is 11.8 Å². The van der Waals surface area contributed by atoms with Crippen molar-refractivity contribution in [2.24, 2.45) is 11.8 Å². The molecule has 2 aliphatic carbocycles. The minimum Gasteiger partial charge on any atom is -0.334 e. The highest BCUT2D eigenvalue weighted by atomic mass is 19.1. The van der Waals surface area contributed by atoms with Crippen molar-refractivity contribution in [3.63, 3.8) is 0 Å². The van der Waals surface area contributed by atoms with Gasteiger partial charge in [-0.2, -0.15) is 0 Å². The van der Waals surface area contributed by atoms with Crippen LogP contribution in [0.2, 0.25) is 0 Å². The highest BCUT2D eigenvalue weighted by molar-refractivity contribution is 5.74. The Balaban J connectivity index is 1.36. The zero-order valence-corrected chi connectivity index (χ0v) is 14.2. The molecule has 0 saturated heterocycles. The molecule has 1 aromatic heterocycles. The predicted molar refractivity (Wildman–Crippen MR) is 92.8 cm³/mol. The Bertz CT molecular complexity index is 724. The van der Waals surface area contributed by atoms with Gasteiger partial charge in [-0.05, 0) is 55.2 Å². The summed E-state index contributed by atoms with van der Waals surface area (Å²) in [5.74, 6) is 1.03. The molecule has 0 atom stereocenters. The van der Waals surface area contributed by atoms with Crippen LogP contribution in [0.25, 0.3) is 5.69 Å². The third-order valence-electron chi connectivity index (χ3n) is 4.88. The maximum absolute atomic E-state index is 14.3. The van der Waals surface area contributed by atoms with E-state index in [0.29, 0.717) is 24.1 Å². The number of imidazole rings is 1. The average Bonchev–Trinajstić information content (AvgIpc) is 3.53. The van der Waals surface area contributed by atoms with Gasteiger partial charge in [0.15, 0.2) is 0 Å². The highest BCUT2D eigenvalue weighted by Gasteiger charge is 2.31. The number of halogens is 1. The van der Waals surface area contributed by atoms with Crippen molar-refractivity contribution in [2.45, 2.75) is 32.2 Å². The first kappa shape index (κ1) is 16.1. The Morgan fingerprint density at radius 3 is 2.52 bits per heavy atom. The molecule has 2 amide bonds. The van der Waals surface area contributed by atoms with Gasteiger partial charge in [-0.25, -0.2) is 14.2 Å². The number of aromatic nitrogens is 2. The molecule has 132 valence electrons. The lowest BCUT2D eigenvalue weighted by molar-refractivity contribution is 0.192. The highest BCUT2D eigenvalue weighted by Crippen LogP contribution is 2.33. The number of hydrogen-bond donors (Lipinski definition) is 1. The average molecular weight is 342 g/mol. The van der Waals surface area contributed by atoms with Gasteiger partial charge in [0, 0.05) is 32.0 Å². The maximum atomic E-state index is 14.3. The summed E-state index contributed by atoms with van der Waals surface area (Å²) < 4.78 is 15.9. The first-order chi connectivity index (χ1) is 12.2. The van der Waals surface area contributed by atoms with E-state index in [1.54, 1.807) is 29.4 Å². The number of benzene rings is 1. The molecule has 0 aliphatic heterocycles. The van der Waals surface area contributed by atoms with Gasteiger partial charge in [0.05, 0.1) is 12.0 Å². The van der Waals surface area contributed by atoms with E-state index < -0.39 is 0 Å². The van der Waals surface area contributed by atoms with E-state index in [2.05, 4.69) is 10.3 Å². The van der Waals surface area contributed by atoms with Crippen LogP contribution in [0.1, 0.15) is 31.2 Å². The molecular formula is C19H23FN4O. The minimum absolute atomic E-state index is 0.0297. The summed E-state index contributed by atoms with van der Waals surface area (Å²) in [5.41, 5.74) is 1.21. The van der Waals surface area contributed by atoms with Gasteiger partial charge >= 0.3 is 6.03 Å². The van der Waals surface area contributed by atoms with Crippen molar-refractivity contribution >= 4 is 6.03 Å². The summed E-state index contributed by atoms with van der Waals surface area (Å²) >= 11 is 0. The minimum atomic E-state index is -0.322. The van der Waals surface area contributed by atoms with Crippen LogP contribution in [-0.4, -0.2) is 33.6 Å². The summed E-state index contributed by atoms with van der Waals surface area (Å²) in [5, 5.41) is 2.95.